The summed E-state index contributed by atoms with van der Waals surface area (Å²) in [6, 6.07) is 0.492. The Bertz CT molecular complexity index is 1160. The summed E-state index contributed by atoms with van der Waals surface area (Å²) in [7, 11) is 0. The van der Waals surface area contributed by atoms with Gasteiger partial charge in [-0.15, -0.1) is 0 Å². The second kappa shape index (κ2) is 6.78. The number of carboxylic acid groups (broad SMARTS) is 2. The van der Waals surface area contributed by atoms with Crippen molar-refractivity contribution in [3.8, 4) is 0 Å². The summed E-state index contributed by atoms with van der Waals surface area (Å²) < 4.78 is 16.4. The van der Waals surface area contributed by atoms with Crippen molar-refractivity contribution in [2.45, 2.75) is 50.1 Å². The number of aromatic nitrogens is 1. The highest BCUT2D eigenvalue weighted by Gasteiger charge is 2.44. The first kappa shape index (κ1) is 19.8. The quantitative estimate of drug-likeness (QED) is 0.477. The molecule has 0 saturated heterocycles. The van der Waals surface area contributed by atoms with E-state index in [0.717, 1.165) is 12.3 Å². The minimum Gasteiger partial charge on any atom is -0.480 e. The zero-order valence-corrected chi connectivity index (χ0v) is 15.7. The molecule has 10 nitrogen and oxygen atoms in total. The maximum absolute atomic E-state index is 15.0. The third kappa shape index (κ3) is 2.97. The normalized spacial score (nSPS) is 17.8. The van der Waals surface area contributed by atoms with Crippen molar-refractivity contribution in [2.75, 3.05) is 5.32 Å². The second-order valence-corrected chi connectivity index (χ2v) is 7.77. The third-order valence-electron chi connectivity index (χ3n) is 5.83. The number of carbonyl (C=O) groups is 2. The Hall–Kier alpha value is -3.50. The van der Waals surface area contributed by atoms with E-state index in [0.29, 0.717) is 25.7 Å². The maximum Gasteiger partial charge on any atom is 0.341 e. The minimum absolute atomic E-state index is 0.171. The monoisotopic (exact) mass is 419 g/mol. The molecule has 0 spiro atoms. The summed E-state index contributed by atoms with van der Waals surface area (Å²) in [6.45, 7) is 0. The number of pyridine rings is 1. The number of nitro benzene ring substituents is 1. The average Bonchev–Trinajstić information content (AvgIpc) is 3.40. The molecule has 2 fully saturated rings. The Kier molecular flexibility index (Phi) is 4.48. The lowest BCUT2D eigenvalue weighted by Crippen LogP contribution is -2.44. The Morgan fingerprint density at radius 3 is 2.40 bits per heavy atom. The van der Waals surface area contributed by atoms with Gasteiger partial charge in [0.15, 0.2) is 11.5 Å². The van der Waals surface area contributed by atoms with Gasteiger partial charge in [0.25, 0.3) is 0 Å². The Labute approximate surface area is 168 Å². The van der Waals surface area contributed by atoms with Crippen molar-refractivity contribution >= 4 is 34.2 Å². The van der Waals surface area contributed by atoms with Crippen LogP contribution in [0, 0.1) is 15.9 Å². The number of nitrogens with zero attached hydrogens (tertiary/aromatic N) is 2. The molecule has 0 atom stereocenters. The van der Waals surface area contributed by atoms with Crippen LogP contribution in [0.15, 0.2) is 17.1 Å². The van der Waals surface area contributed by atoms with Gasteiger partial charge in [-0.1, -0.05) is 12.8 Å². The Morgan fingerprint density at radius 1 is 1.27 bits per heavy atom. The van der Waals surface area contributed by atoms with Crippen LogP contribution in [0.3, 0.4) is 0 Å². The summed E-state index contributed by atoms with van der Waals surface area (Å²) in [5, 5.41) is 33.1. The molecule has 1 heterocycles. The van der Waals surface area contributed by atoms with Gasteiger partial charge in [0.05, 0.1) is 10.3 Å². The van der Waals surface area contributed by atoms with Gasteiger partial charge in [-0.25, -0.2) is 14.0 Å². The Balaban J connectivity index is 2.06. The van der Waals surface area contributed by atoms with Gasteiger partial charge in [-0.3, -0.25) is 14.9 Å². The smallest absolute Gasteiger partial charge is 0.341 e. The van der Waals surface area contributed by atoms with Crippen LogP contribution in [0.4, 0.5) is 15.8 Å². The lowest BCUT2D eigenvalue weighted by molar-refractivity contribution is -0.382. The van der Waals surface area contributed by atoms with E-state index in [1.54, 1.807) is 0 Å². The molecule has 0 unspecified atom stereocenters. The van der Waals surface area contributed by atoms with Crippen LogP contribution in [-0.2, 0) is 4.79 Å². The van der Waals surface area contributed by atoms with Crippen LogP contribution in [0.2, 0.25) is 0 Å². The van der Waals surface area contributed by atoms with Gasteiger partial charge in [0.2, 0.25) is 5.43 Å². The van der Waals surface area contributed by atoms with E-state index < -0.39 is 56.0 Å². The first-order valence-electron chi connectivity index (χ1n) is 9.47. The van der Waals surface area contributed by atoms with E-state index in [4.69, 9.17) is 0 Å². The minimum atomic E-state index is -1.55. The maximum atomic E-state index is 15.0. The summed E-state index contributed by atoms with van der Waals surface area (Å²) in [5.74, 6) is -3.93. The average molecular weight is 419 g/mol. The highest BCUT2D eigenvalue weighted by Crippen LogP contribution is 2.44. The van der Waals surface area contributed by atoms with Gasteiger partial charge in [0.1, 0.15) is 16.6 Å². The fourth-order valence-electron chi connectivity index (χ4n) is 4.17. The first-order valence-corrected chi connectivity index (χ1v) is 9.47. The number of nitrogens with one attached hydrogen (secondary N) is 1. The number of nitro groups is 1. The SMILES string of the molecule is O=C(O)c1cn(C2CC2)c2c([N+](=O)[O-])c(NC3(C(=O)O)CCCC3)c(F)cc2c1=O. The highest BCUT2D eigenvalue weighted by atomic mass is 19.1. The Morgan fingerprint density at radius 2 is 1.90 bits per heavy atom. The van der Waals surface area contributed by atoms with Gasteiger partial charge in [-0.05, 0) is 31.7 Å². The number of halogens is 1. The molecule has 4 rings (SSSR count). The largest absolute Gasteiger partial charge is 0.480 e. The number of aromatic carboxylic acids is 1. The van der Waals surface area contributed by atoms with Gasteiger partial charge >= 0.3 is 17.6 Å². The highest BCUT2D eigenvalue weighted by molar-refractivity contribution is 5.99. The molecule has 1 aromatic heterocycles. The number of anilines is 1. The van der Waals surface area contributed by atoms with Crippen LogP contribution >= 0.6 is 0 Å². The van der Waals surface area contributed by atoms with Gasteiger partial charge in [-0.2, -0.15) is 0 Å². The molecule has 158 valence electrons. The molecule has 0 amide bonds. The summed E-state index contributed by atoms with van der Waals surface area (Å²) in [4.78, 5) is 47.1. The molecule has 0 bridgehead atoms. The lowest BCUT2D eigenvalue weighted by Gasteiger charge is -2.27. The van der Waals surface area contributed by atoms with E-state index in [2.05, 4.69) is 5.32 Å². The molecular weight excluding hydrogens is 401 g/mol. The summed E-state index contributed by atoms with van der Waals surface area (Å²) in [6.07, 6.45) is 3.76. The van der Waals surface area contributed by atoms with Crippen molar-refractivity contribution < 1.29 is 29.1 Å². The molecule has 30 heavy (non-hydrogen) atoms. The van der Waals surface area contributed by atoms with Crippen molar-refractivity contribution in [2.24, 2.45) is 0 Å². The number of hydrogen-bond donors (Lipinski definition) is 3. The summed E-state index contributed by atoms with van der Waals surface area (Å²) >= 11 is 0. The number of hydrogen-bond acceptors (Lipinski definition) is 6. The number of benzene rings is 1. The van der Waals surface area contributed by atoms with Crippen molar-refractivity contribution in [1.82, 2.24) is 4.57 Å². The van der Waals surface area contributed by atoms with Crippen molar-refractivity contribution in [1.29, 1.82) is 0 Å². The first-order chi connectivity index (χ1) is 14.2. The standard InChI is InChI=1S/C19H18FN3O7/c20-12-7-10-14(22(9-3-4-9)8-11(16(10)24)17(25)26)15(23(29)30)13(12)21-19(18(27)28)5-1-2-6-19/h7-9,21H,1-6H2,(H,25,26)(H,27,28). The third-order valence-corrected chi connectivity index (χ3v) is 5.83. The van der Waals surface area contributed by atoms with Crippen LogP contribution in [-0.4, -0.2) is 37.2 Å². The van der Waals surface area contributed by atoms with Gasteiger partial charge in [0, 0.05) is 12.2 Å². The number of carboxylic acids is 2. The van der Waals surface area contributed by atoms with Crippen molar-refractivity contribution in [3.63, 3.8) is 0 Å². The van der Waals surface area contributed by atoms with E-state index in [1.165, 1.54) is 4.57 Å². The zero-order valence-electron chi connectivity index (χ0n) is 15.7. The molecule has 0 radical (unpaired) electrons. The van der Waals surface area contributed by atoms with Crippen LogP contribution in [0.5, 0.6) is 0 Å². The fraction of sp³-hybridized carbons (Fsp3) is 0.421. The molecule has 2 aliphatic rings. The predicted molar refractivity (Wildman–Crippen MR) is 103 cm³/mol. The molecule has 0 aliphatic heterocycles. The lowest BCUT2D eigenvalue weighted by atomic mass is 9.96. The molecule has 2 saturated carbocycles. The predicted octanol–water partition coefficient (Wildman–Crippen LogP) is 2.89. The van der Waals surface area contributed by atoms with E-state index in [-0.39, 0.29) is 24.4 Å². The molecule has 1 aromatic carbocycles. The number of aliphatic carboxylic acids is 1. The molecule has 11 heteroatoms. The molecule has 3 N–H and O–H groups in total. The van der Waals surface area contributed by atoms with E-state index >= 15 is 4.39 Å². The molecule has 2 aliphatic carbocycles. The molecular formula is C19H18FN3O7. The number of rotatable bonds is 6. The fourth-order valence-corrected chi connectivity index (χ4v) is 4.17. The van der Waals surface area contributed by atoms with Crippen LogP contribution in [0.25, 0.3) is 10.9 Å². The summed E-state index contributed by atoms with van der Waals surface area (Å²) in [5.41, 5.74) is -4.77. The topological polar surface area (TPSA) is 152 Å². The second-order valence-electron chi connectivity index (χ2n) is 7.77. The molecule has 2 aromatic rings. The number of fused-ring (bicyclic) bond motifs is 1. The van der Waals surface area contributed by atoms with Crippen LogP contribution in [0.1, 0.15) is 54.9 Å². The van der Waals surface area contributed by atoms with E-state index in [9.17, 15) is 34.7 Å². The zero-order chi connectivity index (χ0) is 21.8. The van der Waals surface area contributed by atoms with Gasteiger partial charge < -0.3 is 20.1 Å². The van der Waals surface area contributed by atoms with E-state index in [1.807, 2.05) is 0 Å². The van der Waals surface area contributed by atoms with Crippen molar-refractivity contribution in [3.05, 3.63) is 44.0 Å². The van der Waals surface area contributed by atoms with Crippen LogP contribution < -0.4 is 10.7 Å².